The Balaban J connectivity index is 2.52. The standard InChI is InChI=1S/C12H16O3/c1-8(2)9-4-5-10(13-3)12-11(9)14-6-7-15-12/h4-5,8H,6-7H2,1-3H3. The van der Waals surface area contributed by atoms with E-state index in [0.717, 1.165) is 17.2 Å². The fourth-order valence-electron chi connectivity index (χ4n) is 1.75. The van der Waals surface area contributed by atoms with E-state index in [1.165, 1.54) is 5.56 Å². The molecule has 0 atom stereocenters. The minimum absolute atomic E-state index is 0.423. The molecule has 0 saturated heterocycles. The van der Waals surface area contributed by atoms with Crippen LogP contribution in [0.25, 0.3) is 0 Å². The van der Waals surface area contributed by atoms with E-state index in [0.29, 0.717) is 19.1 Å². The molecule has 1 aliphatic heterocycles. The van der Waals surface area contributed by atoms with Crippen molar-refractivity contribution >= 4 is 0 Å². The zero-order valence-corrected chi connectivity index (χ0v) is 9.37. The summed E-state index contributed by atoms with van der Waals surface area (Å²) in [5.41, 5.74) is 1.17. The summed E-state index contributed by atoms with van der Waals surface area (Å²) < 4.78 is 16.5. The molecule has 1 aromatic carbocycles. The van der Waals surface area contributed by atoms with E-state index in [2.05, 4.69) is 13.8 Å². The van der Waals surface area contributed by atoms with E-state index in [1.807, 2.05) is 12.1 Å². The molecule has 3 heteroatoms. The van der Waals surface area contributed by atoms with Crippen molar-refractivity contribution in [3.63, 3.8) is 0 Å². The van der Waals surface area contributed by atoms with Crippen molar-refractivity contribution in [3.8, 4) is 17.2 Å². The van der Waals surface area contributed by atoms with Gasteiger partial charge in [-0.1, -0.05) is 19.9 Å². The van der Waals surface area contributed by atoms with Crippen LogP contribution >= 0.6 is 0 Å². The van der Waals surface area contributed by atoms with Crippen molar-refractivity contribution in [2.45, 2.75) is 19.8 Å². The molecule has 1 aliphatic rings. The van der Waals surface area contributed by atoms with Crippen molar-refractivity contribution in [3.05, 3.63) is 17.7 Å². The lowest BCUT2D eigenvalue weighted by atomic mass is 10.0. The fourth-order valence-corrected chi connectivity index (χ4v) is 1.75. The largest absolute Gasteiger partial charge is 0.493 e. The van der Waals surface area contributed by atoms with Crippen molar-refractivity contribution in [1.29, 1.82) is 0 Å². The van der Waals surface area contributed by atoms with E-state index in [4.69, 9.17) is 14.2 Å². The molecule has 3 nitrogen and oxygen atoms in total. The van der Waals surface area contributed by atoms with Gasteiger partial charge in [-0.2, -0.15) is 0 Å². The molecule has 1 aromatic rings. The van der Waals surface area contributed by atoms with Crippen LogP contribution in [-0.2, 0) is 0 Å². The third kappa shape index (κ3) is 1.74. The van der Waals surface area contributed by atoms with Crippen LogP contribution in [0.5, 0.6) is 17.2 Å². The molecule has 0 radical (unpaired) electrons. The molecule has 0 bridgehead atoms. The van der Waals surface area contributed by atoms with E-state index in [9.17, 15) is 0 Å². The zero-order valence-electron chi connectivity index (χ0n) is 9.37. The minimum Gasteiger partial charge on any atom is -0.493 e. The molecule has 0 unspecified atom stereocenters. The van der Waals surface area contributed by atoms with Crippen LogP contribution in [0.1, 0.15) is 25.3 Å². The summed E-state index contributed by atoms with van der Waals surface area (Å²) in [6, 6.07) is 3.97. The van der Waals surface area contributed by atoms with Crippen molar-refractivity contribution in [1.82, 2.24) is 0 Å². The maximum Gasteiger partial charge on any atom is 0.203 e. The molecule has 82 valence electrons. The van der Waals surface area contributed by atoms with Crippen LogP contribution in [0.4, 0.5) is 0 Å². The highest BCUT2D eigenvalue weighted by atomic mass is 16.6. The maximum atomic E-state index is 5.65. The second-order valence-electron chi connectivity index (χ2n) is 3.87. The predicted octanol–water partition coefficient (Wildman–Crippen LogP) is 2.59. The minimum atomic E-state index is 0.423. The van der Waals surface area contributed by atoms with Crippen LogP contribution in [0.3, 0.4) is 0 Å². The lowest BCUT2D eigenvalue weighted by Gasteiger charge is -2.24. The normalized spacial score (nSPS) is 14.1. The van der Waals surface area contributed by atoms with Gasteiger partial charge in [0.25, 0.3) is 0 Å². The SMILES string of the molecule is COc1ccc(C(C)C)c2c1OCCO2. The molecule has 0 aliphatic carbocycles. The molecule has 0 amide bonds. The number of rotatable bonds is 2. The Morgan fingerprint density at radius 1 is 1.13 bits per heavy atom. The van der Waals surface area contributed by atoms with Gasteiger partial charge in [0, 0.05) is 5.56 Å². The van der Waals surface area contributed by atoms with Gasteiger partial charge in [0.1, 0.15) is 13.2 Å². The van der Waals surface area contributed by atoms with Crippen LogP contribution < -0.4 is 14.2 Å². The first-order valence-electron chi connectivity index (χ1n) is 5.20. The van der Waals surface area contributed by atoms with Crippen LogP contribution in [0, 0.1) is 0 Å². The van der Waals surface area contributed by atoms with Gasteiger partial charge in [0.15, 0.2) is 11.5 Å². The Kier molecular flexibility index (Phi) is 2.71. The van der Waals surface area contributed by atoms with Crippen LogP contribution in [0.15, 0.2) is 12.1 Å². The van der Waals surface area contributed by atoms with Gasteiger partial charge in [-0.05, 0) is 12.0 Å². The van der Waals surface area contributed by atoms with Gasteiger partial charge in [-0.15, -0.1) is 0 Å². The Morgan fingerprint density at radius 3 is 2.40 bits per heavy atom. The highest BCUT2D eigenvalue weighted by Gasteiger charge is 2.21. The number of fused-ring (bicyclic) bond motifs is 1. The molecular weight excluding hydrogens is 192 g/mol. The second-order valence-corrected chi connectivity index (χ2v) is 3.87. The van der Waals surface area contributed by atoms with Crippen LogP contribution in [-0.4, -0.2) is 20.3 Å². The smallest absolute Gasteiger partial charge is 0.203 e. The Bertz CT molecular complexity index is 358. The summed E-state index contributed by atoms with van der Waals surface area (Å²) in [5, 5.41) is 0. The number of hydrogen-bond acceptors (Lipinski definition) is 3. The fraction of sp³-hybridized carbons (Fsp3) is 0.500. The van der Waals surface area contributed by atoms with Crippen molar-refractivity contribution in [2.75, 3.05) is 20.3 Å². The molecule has 0 spiro atoms. The first-order chi connectivity index (χ1) is 7.24. The lowest BCUT2D eigenvalue weighted by Crippen LogP contribution is -2.17. The van der Waals surface area contributed by atoms with E-state index in [-0.39, 0.29) is 0 Å². The quantitative estimate of drug-likeness (QED) is 0.747. The molecule has 1 heterocycles. The Hall–Kier alpha value is -1.38. The molecule has 0 saturated carbocycles. The molecule has 15 heavy (non-hydrogen) atoms. The highest BCUT2D eigenvalue weighted by Crippen LogP contribution is 2.44. The topological polar surface area (TPSA) is 27.7 Å². The van der Waals surface area contributed by atoms with Gasteiger partial charge in [-0.3, -0.25) is 0 Å². The highest BCUT2D eigenvalue weighted by molar-refractivity contribution is 5.57. The van der Waals surface area contributed by atoms with Gasteiger partial charge in [0.2, 0.25) is 5.75 Å². The number of methoxy groups -OCH3 is 1. The summed E-state index contributed by atoms with van der Waals surface area (Å²) in [4.78, 5) is 0. The van der Waals surface area contributed by atoms with E-state index < -0.39 is 0 Å². The third-order valence-electron chi connectivity index (χ3n) is 2.52. The van der Waals surface area contributed by atoms with Gasteiger partial charge in [0.05, 0.1) is 7.11 Å². The summed E-state index contributed by atoms with van der Waals surface area (Å²) in [5.74, 6) is 2.76. The first-order valence-corrected chi connectivity index (χ1v) is 5.20. The first kappa shape index (κ1) is 10.1. The van der Waals surface area contributed by atoms with E-state index >= 15 is 0 Å². The molecular formula is C12H16O3. The van der Waals surface area contributed by atoms with E-state index in [1.54, 1.807) is 7.11 Å². The summed E-state index contributed by atoms with van der Waals surface area (Å²) in [7, 11) is 1.64. The van der Waals surface area contributed by atoms with Crippen molar-refractivity contribution in [2.24, 2.45) is 0 Å². The number of hydrogen-bond donors (Lipinski definition) is 0. The lowest BCUT2D eigenvalue weighted by molar-refractivity contribution is 0.163. The Labute approximate surface area is 90.0 Å². The molecule has 2 rings (SSSR count). The van der Waals surface area contributed by atoms with Gasteiger partial charge in [-0.25, -0.2) is 0 Å². The third-order valence-corrected chi connectivity index (χ3v) is 2.52. The summed E-state index contributed by atoms with van der Waals surface area (Å²) >= 11 is 0. The average Bonchev–Trinajstić information content (AvgIpc) is 2.27. The average molecular weight is 208 g/mol. The predicted molar refractivity (Wildman–Crippen MR) is 58.1 cm³/mol. The second kappa shape index (κ2) is 4.01. The van der Waals surface area contributed by atoms with Crippen LogP contribution in [0.2, 0.25) is 0 Å². The number of benzene rings is 1. The molecule has 0 fully saturated rings. The summed E-state index contributed by atoms with van der Waals surface area (Å²) in [6.45, 7) is 5.48. The molecule has 0 N–H and O–H groups in total. The molecule has 0 aromatic heterocycles. The van der Waals surface area contributed by atoms with Gasteiger partial charge >= 0.3 is 0 Å². The maximum absolute atomic E-state index is 5.65. The Morgan fingerprint density at radius 2 is 1.80 bits per heavy atom. The van der Waals surface area contributed by atoms with Gasteiger partial charge < -0.3 is 14.2 Å². The monoisotopic (exact) mass is 208 g/mol. The van der Waals surface area contributed by atoms with Crippen molar-refractivity contribution < 1.29 is 14.2 Å². The zero-order chi connectivity index (χ0) is 10.8. The summed E-state index contributed by atoms with van der Waals surface area (Å²) in [6.07, 6.45) is 0. The number of ether oxygens (including phenoxy) is 3.